The van der Waals surface area contributed by atoms with Gasteiger partial charge in [0.25, 0.3) is 5.91 Å². The van der Waals surface area contributed by atoms with Crippen molar-refractivity contribution < 1.29 is 4.79 Å². The van der Waals surface area contributed by atoms with Crippen LogP contribution in [0.5, 0.6) is 0 Å². The van der Waals surface area contributed by atoms with E-state index in [-0.39, 0.29) is 18.4 Å². The van der Waals surface area contributed by atoms with Crippen LogP contribution in [0.4, 0.5) is 5.95 Å². The number of allylic oxidation sites excluding steroid dienone is 1. The number of benzene rings is 1. The quantitative estimate of drug-likeness (QED) is 0.590. The number of rotatable bonds is 5. The molecule has 0 atom stereocenters. The van der Waals surface area contributed by atoms with E-state index in [1.807, 2.05) is 36.4 Å². The van der Waals surface area contributed by atoms with Crippen LogP contribution in [0.1, 0.15) is 5.56 Å². The van der Waals surface area contributed by atoms with E-state index >= 15 is 0 Å². The van der Waals surface area contributed by atoms with Crippen LogP contribution in [0.15, 0.2) is 41.5 Å². The number of anilines is 1. The van der Waals surface area contributed by atoms with E-state index in [4.69, 9.17) is 5.73 Å². The third-order valence-electron chi connectivity index (χ3n) is 2.29. The van der Waals surface area contributed by atoms with Crippen LogP contribution in [0.3, 0.4) is 0 Å². The van der Waals surface area contributed by atoms with Gasteiger partial charge in [-0.1, -0.05) is 41.5 Å². The number of nitrogens with zero attached hydrogens (tertiary/aromatic N) is 5. The summed E-state index contributed by atoms with van der Waals surface area (Å²) >= 11 is 0. The van der Waals surface area contributed by atoms with Gasteiger partial charge >= 0.3 is 0 Å². The summed E-state index contributed by atoms with van der Waals surface area (Å²) < 4.78 is 1.17. The van der Waals surface area contributed by atoms with Crippen molar-refractivity contribution in [2.45, 2.75) is 6.54 Å². The fraction of sp³-hybridized carbons (Fsp3) is 0.0833. The van der Waals surface area contributed by atoms with Crippen LogP contribution in [0, 0.1) is 0 Å². The number of nitrogens with one attached hydrogen (secondary N) is 1. The van der Waals surface area contributed by atoms with Gasteiger partial charge in [-0.15, -0.1) is 0 Å². The Kier molecular flexibility index (Phi) is 4.55. The SMILES string of the molecule is Nc1nnnn1CC(=O)N/N=C/C=C/c1ccccc1. The van der Waals surface area contributed by atoms with Gasteiger partial charge in [0.1, 0.15) is 6.54 Å². The zero-order valence-electron chi connectivity index (χ0n) is 10.5. The predicted molar refractivity (Wildman–Crippen MR) is 74.3 cm³/mol. The molecule has 0 saturated heterocycles. The second kappa shape index (κ2) is 6.78. The maximum atomic E-state index is 11.5. The Hall–Kier alpha value is -3.03. The summed E-state index contributed by atoms with van der Waals surface area (Å²) in [4.78, 5) is 11.5. The van der Waals surface area contributed by atoms with Gasteiger partial charge in [-0.3, -0.25) is 4.79 Å². The molecule has 0 aliphatic heterocycles. The number of carbonyl (C=O) groups excluding carboxylic acids is 1. The average Bonchev–Trinajstić information content (AvgIpc) is 2.85. The highest BCUT2D eigenvalue weighted by Crippen LogP contribution is 1.99. The molecule has 0 spiro atoms. The number of hydrogen-bond donors (Lipinski definition) is 2. The highest BCUT2D eigenvalue weighted by atomic mass is 16.2. The van der Waals surface area contributed by atoms with E-state index in [1.54, 1.807) is 6.08 Å². The number of nitrogen functional groups attached to an aromatic ring is 1. The van der Waals surface area contributed by atoms with Crippen LogP contribution in [-0.2, 0) is 11.3 Å². The number of aromatic nitrogens is 4. The summed E-state index contributed by atoms with van der Waals surface area (Å²) in [6, 6.07) is 9.74. The van der Waals surface area contributed by atoms with Gasteiger partial charge in [-0.25, -0.2) is 10.1 Å². The lowest BCUT2D eigenvalue weighted by atomic mass is 10.2. The lowest BCUT2D eigenvalue weighted by Crippen LogP contribution is -2.24. The molecule has 2 rings (SSSR count). The van der Waals surface area contributed by atoms with E-state index in [0.29, 0.717) is 0 Å². The van der Waals surface area contributed by atoms with Crippen molar-refractivity contribution in [2.24, 2.45) is 5.10 Å². The van der Waals surface area contributed by atoms with Crippen molar-refractivity contribution in [1.29, 1.82) is 0 Å². The molecule has 1 amide bonds. The molecule has 1 heterocycles. The van der Waals surface area contributed by atoms with Crippen molar-refractivity contribution in [2.75, 3.05) is 5.73 Å². The summed E-state index contributed by atoms with van der Waals surface area (Å²) in [7, 11) is 0. The van der Waals surface area contributed by atoms with Crippen molar-refractivity contribution in [1.82, 2.24) is 25.6 Å². The van der Waals surface area contributed by atoms with Gasteiger partial charge in [-0.2, -0.15) is 5.10 Å². The second-order valence-electron chi connectivity index (χ2n) is 3.78. The topological polar surface area (TPSA) is 111 Å². The van der Waals surface area contributed by atoms with Gasteiger partial charge in [0, 0.05) is 6.21 Å². The van der Waals surface area contributed by atoms with Crippen molar-refractivity contribution in [3.63, 3.8) is 0 Å². The summed E-state index contributed by atoms with van der Waals surface area (Å²) in [5.74, 6) is -0.290. The zero-order chi connectivity index (χ0) is 14.2. The van der Waals surface area contributed by atoms with Crippen molar-refractivity contribution in [3.8, 4) is 0 Å². The fourth-order valence-electron chi connectivity index (χ4n) is 1.37. The second-order valence-corrected chi connectivity index (χ2v) is 3.78. The summed E-state index contributed by atoms with van der Waals surface area (Å²) in [5, 5.41) is 14.1. The number of tetrazole rings is 1. The molecule has 0 aliphatic carbocycles. The molecule has 1 aromatic heterocycles. The van der Waals surface area contributed by atoms with Crippen molar-refractivity contribution >= 4 is 24.1 Å². The molecule has 102 valence electrons. The largest absolute Gasteiger partial charge is 0.367 e. The van der Waals surface area contributed by atoms with Gasteiger partial charge in [0.2, 0.25) is 5.95 Å². The standard InChI is InChI=1S/C12H13N7O/c13-12-16-17-18-19(12)9-11(20)15-14-8-4-7-10-5-2-1-3-6-10/h1-8H,9H2,(H,15,20)(H2,13,16,18)/b7-4+,14-8+. The Labute approximate surface area is 115 Å². The number of hydrazone groups is 1. The summed E-state index contributed by atoms with van der Waals surface area (Å²) in [6.45, 7) is -0.0847. The summed E-state index contributed by atoms with van der Waals surface area (Å²) in [6.07, 6.45) is 5.07. The molecule has 2 aromatic rings. The maximum Gasteiger partial charge on any atom is 0.261 e. The van der Waals surface area contributed by atoms with E-state index in [2.05, 4.69) is 26.1 Å². The molecule has 3 N–H and O–H groups in total. The minimum Gasteiger partial charge on any atom is -0.367 e. The third kappa shape index (κ3) is 4.02. The zero-order valence-corrected chi connectivity index (χ0v) is 10.5. The number of amides is 1. The smallest absolute Gasteiger partial charge is 0.261 e. The Morgan fingerprint density at radius 2 is 2.20 bits per heavy atom. The molecule has 8 nitrogen and oxygen atoms in total. The molecule has 0 aliphatic rings. The molecule has 0 saturated carbocycles. The molecular weight excluding hydrogens is 258 g/mol. The lowest BCUT2D eigenvalue weighted by molar-refractivity contribution is -0.121. The van der Waals surface area contributed by atoms with E-state index in [9.17, 15) is 4.79 Å². The molecule has 20 heavy (non-hydrogen) atoms. The monoisotopic (exact) mass is 271 g/mol. The molecule has 0 unspecified atom stereocenters. The Morgan fingerprint density at radius 1 is 1.40 bits per heavy atom. The Bertz CT molecular complexity index is 618. The average molecular weight is 271 g/mol. The van der Waals surface area contributed by atoms with Gasteiger partial charge in [0.15, 0.2) is 0 Å². The van der Waals surface area contributed by atoms with E-state index in [0.717, 1.165) is 5.56 Å². The summed E-state index contributed by atoms with van der Waals surface area (Å²) in [5.41, 5.74) is 8.82. The van der Waals surface area contributed by atoms with Crippen LogP contribution in [0.25, 0.3) is 6.08 Å². The van der Waals surface area contributed by atoms with Crippen LogP contribution in [-0.4, -0.2) is 32.3 Å². The van der Waals surface area contributed by atoms with Gasteiger partial charge in [-0.05, 0) is 22.1 Å². The number of hydrogen-bond acceptors (Lipinski definition) is 6. The first-order chi connectivity index (χ1) is 9.75. The molecular formula is C12H13N7O. The highest BCUT2D eigenvalue weighted by molar-refractivity contribution is 5.81. The first-order valence-corrected chi connectivity index (χ1v) is 5.81. The van der Waals surface area contributed by atoms with Gasteiger partial charge in [0.05, 0.1) is 0 Å². The van der Waals surface area contributed by atoms with E-state index < -0.39 is 0 Å². The lowest BCUT2D eigenvalue weighted by Gasteiger charge is -1.99. The first-order valence-electron chi connectivity index (χ1n) is 5.81. The van der Waals surface area contributed by atoms with Crippen LogP contribution < -0.4 is 11.2 Å². The first kappa shape index (κ1) is 13.4. The number of carbonyl (C=O) groups is 1. The molecule has 1 aromatic carbocycles. The van der Waals surface area contributed by atoms with Crippen LogP contribution in [0.2, 0.25) is 0 Å². The highest BCUT2D eigenvalue weighted by Gasteiger charge is 2.05. The Balaban J connectivity index is 1.77. The van der Waals surface area contributed by atoms with Crippen molar-refractivity contribution in [3.05, 3.63) is 42.0 Å². The fourth-order valence-corrected chi connectivity index (χ4v) is 1.37. The minimum absolute atomic E-state index is 0.0769. The normalized spacial score (nSPS) is 11.2. The number of nitrogens with two attached hydrogens (primary N) is 1. The minimum atomic E-state index is -0.367. The van der Waals surface area contributed by atoms with Crippen LogP contribution >= 0.6 is 0 Å². The molecule has 8 heteroatoms. The van der Waals surface area contributed by atoms with E-state index in [1.165, 1.54) is 10.9 Å². The van der Waals surface area contributed by atoms with Gasteiger partial charge < -0.3 is 5.73 Å². The molecule has 0 radical (unpaired) electrons. The molecule has 0 fully saturated rings. The third-order valence-corrected chi connectivity index (χ3v) is 2.29. The predicted octanol–water partition coefficient (Wildman–Crippen LogP) is 0.0707. The maximum absolute atomic E-state index is 11.5. The molecule has 0 bridgehead atoms. The Morgan fingerprint density at radius 3 is 2.90 bits per heavy atom.